The molecule has 0 saturated carbocycles. The Kier molecular flexibility index (Phi) is 9.71. The highest BCUT2D eigenvalue weighted by Gasteiger charge is 2.45. The van der Waals surface area contributed by atoms with Gasteiger partial charge in [0.05, 0.1) is 6.10 Å². The predicted octanol–water partition coefficient (Wildman–Crippen LogP) is 5.88. The summed E-state index contributed by atoms with van der Waals surface area (Å²) in [5.74, 6) is -0.571. The molecule has 2 aliphatic rings. The van der Waals surface area contributed by atoms with Crippen LogP contribution in [0, 0.1) is 0 Å². The number of cyclic esters (lactones) is 1. The zero-order chi connectivity index (χ0) is 23.7. The molecule has 33 heavy (non-hydrogen) atoms. The van der Waals surface area contributed by atoms with Gasteiger partial charge in [-0.2, -0.15) is 0 Å². The van der Waals surface area contributed by atoms with Crippen LogP contribution in [0.1, 0.15) is 72.1 Å². The first-order chi connectivity index (χ1) is 15.8. The average molecular weight is 477 g/mol. The highest BCUT2D eigenvalue weighted by atomic mass is 32.1. The molecule has 1 aromatic rings. The van der Waals surface area contributed by atoms with E-state index in [1.807, 2.05) is 51.1 Å². The molecule has 3 rings (SSSR count). The quantitative estimate of drug-likeness (QED) is 0.390. The molecule has 182 valence electrons. The van der Waals surface area contributed by atoms with Gasteiger partial charge in [-0.1, -0.05) is 43.9 Å². The van der Waals surface area contributed by atoms with Gasteiger partial charge in [-0.15, -0.1) is 0 Å². The Balaban J connectivity index is 1.75. The van der Waals surface area contributed by atoms with Gasteiger partial charge < -0.3 is 23.7 Å². The van der Waals surface area contributed by atoms with Crippen LogP contribution in [-0.4, -0.2) is 41.4 Å². The van der Waals surface area contributed by atoms with E-state index in [2.05, 4.69) is 0 Å². The fourth-order valence-electron chi connectivity index (χ4n) is 4.23. The topological polar surface area (TPSA) is 63.2 Å². The standard InChI is InChI=1S/C26H36O6S/c1-19-13-9-6-4-5-7-12-16-21(30-25(33)29-20-14-10-8-11-15-20)24-22(17-18-23(27)28-19)31-26(2,3)32-24/h8,10-11,14-15,17-19,21-22,24H,4-7,9,12-13,16H2,1-3H3/b18-17+/t19-,21+,22+,24+/m1/s1. The van der Waals surface area contributed by atoms with E-state index in [-0.39, 0.29) is 23.4 Å². The Morgan fingerprint density at radius 1 is 1.00 bits per heavy atom. The van der Waals surface area contributed by atoms with Crippen molar-refractivity contribution >= 4 is 23.4 Å². The van der Waals surface area contributed by atoms with E-state index < -0.39 is 18.0 Å². The van der Waals surface area contributed by atoms with Gasteiger partial charge in [0.2, 0.25) is 0 Å². The van der Waals surface area contributed by atoms with Crippen LogP contribution in [0.5, 0.6) is 5.75 Å². The van der Waals surface area contributed by atoms with Crippen LogP contribution in [0.3, 0.4) is 0 Å². The number of fused-ring (bicyclic) bond motifs is 1. The van der Waals surface area contributed by atoms with E-state index in [0.29, 0.717) is 5.75 Å². The van der Waals surface area contributed by atoms with E-state index in [0.717, 1.165) is 44.9 Å². The van der Waals surface area contributed by atoms with Crippen LogP contribution in [0.4, 0.5) is 0 Å². The number of carbonyl (C=O) groups excluding carboxylic acids is 1. The summed E-state index contributed by atoms with van der Waals surface area (Å²) in [5.41, 5.74) is 0. The molecular weight excluding hydrogens is 440 g/mol. The van der Waals surface area contributed by atoms with Crippen LogP contribution >= 0.6 is 12.2 Å². The lowest BCUT2D eigenvalue weighted by molar-refractivity contribution is -0.153. The van der Waals surface area contributed by atoms with Crippen molar-refractivity contribution in [1.29, 1.82) is 0 Å². The molecule has 0 N–H and O–H groups in total. The molecule has 0 radical (unpaired) electrons. The van der Waals surface area contributed by atoms with Crippen LogP contribution in [-0.2, 0) is 23.7 Å². The summed E-state index contributed by atoms with van der Waals surface area (Å²) in [6.45, 7) is 5.65. The minimum absolute atomic E-state index is 0.0462. The Labute approximate surface area is 202 Å². The van der Waals surface area contributed by atoms with E-state index in [9.17, 15) is 4.79 Å². The Morgan fingerprint density at radius 3 is 2.39 bits per heavy atom. The molecule has 1 aromatic carbocycles. The number of esters is 1. The first kappa shape index (κ1) is 25.7. The number of ether oxygens (including phenoxy) is 5. The summed E-state index contributed by atoms with van der Waals surface area (Å²) in [6, 6.07) is 9.31. The first-order valence-electron chi connectivity index (χ1n) is 12.0. The SMILES string of the molecule is C[C@@H]1CCCCCCCC[C@H](OC(=S)Oc2ccccc2)[C@@H]2OC(C)(C)O[C@H]2/C=C/C(=O)O1. The molecule has 0 aromatic heterocycles. The molecule has 4 atom stereocenters. The van der Waals surface area contributed by atoms with Gasteiger partial charge in [-0.3, -0.25) is 0 Å². The zero-order valence-corrected chi connectivity index (χ0v) is 20.7. The third-order valence-corrected chi connectivity index (χ3v) is 5.99. The maximum atomic E-state index is 12.3. The summed E-state index contributed by atoms with van der Waals surface area (Å²) in [5, 5.41) is 0.0462. The zero-order valence-electron chi connectivity index (χ0n) is 19.9. The summed E-state index contributed by atoms with van der Waals surface area (Å²) in [6.07, 6.45) is 9.98. The van der Waals surface area contributed by atoms with Gasteiger partial charge >= 0.3 is 11.2 Å². The molecule has 1 saturated heterocycles. The van der Waals surface area contributed by atoms with E-state index >= 15 is 0 Å². The van der Waals surface area contributed by atoms with Crippen LogP contribution in [0.15, 0.2) is 42.5 Å². The third kappa shape index (κ3) is 8.72. The van der Waals surface area contributed by atoms with Crippen molar-refractivity contribution in [3.05, 3.63) is 42.5 Å². The molecule has 7 heteroatoms. The molecule has 2 aliphatic heterocycles. The maximum absolute atomic E-state index is 12.3. The second kappa shape index (κ2) is 12.5. The first-order valence-corrected chi connectivity index (χ1v) is 12.4. The highest BCUT2D eigenvalue weighted by Crippen LogP contribution is 2.34. The Morgan fingerprint density at radius 2 is 1.67 bits per heavy atom. The smallest absolute Gasteiger partial charge is 0.358 e. The van der Waals surface area contributed by atoms with E-state index in [4.69, 9.17) is 35.9 Å². The summed E-state index contributed by atoms with van der Waals surface area (Å²) >= 11 is 5.39. The molecular formula is C26H36O6S. The monoisotopic (exact) mass is 476 g/mol. The van der Waals surface area contributed by atoms with Crippen LogP contribution in [0.25, 0.3) is 0 Å². The molecule has 0 unspecified atom stereocenters. The number of benzene rings is 1. The Hall–Kier alpha value is -1.96. The maximum Gasteiger partial charge on any atom is 0.358 e. The number of hydrogen-bond donors (Lipinski definition) is 0. The lowest BCUT2D eigenvalue weighted by Gasteiger charge is -2.26. The summed E-state index contributed by atoms with van der Waals surface area (Å²) in [7, 11) is 0. The second-order valence-corrected chi connectivity index (χ2v) is 9.52. The van der Waals surface area contributed by atoms with Gasteiger partial charge in [0, 0.05) is 18.3 Å². The fraction of sp³-hybridized carbons (Fsp3) is 0.615. The molecule has 0 bridgehead atoms. The van der Waals surface area contributed by atoms with Crippen LogP contribution < -0.4 is 4.74 Å². The molecule has 0 spiro atoms. The van der Waals surface area contributed by atoms with E-state index in [1.54, 1.807) is 6.08 Å². The minimum Gasteiger partial charge on any atom is -0.460 e. The van der Waals surface area contributed by atoms with Crippen molar-refractivity contribution < 1.29 is 28.5 Å². The lowest BCUT2D eigenvalue weighted by atomic mass is 10.00. The molecule has 1 fully saturated rings. The van der Waals surface area contributed by atoms with Crippen molar-refractivity contribution in [2.75, 3.05) is 0 Å². The summed E-state index contributed by atoms with van der Waals surface area (Å²) < 4.78 is 29.6. The molecule has 6 nitrogen and oxygen atoms in total. The van der Waals surface area contributed by atoms with Gasteiger partial charge in [0.1, 0.15) is 24.1 Å². The van der Waals surface area contributed by atoms with Gasteiger partial charge in [0.15, 0.2) is 5.79 Å². The number of carbonyl (C=O) groups is 1. The predicted molar refractivity (Wildman–Crippen MR) is 130 cm³/mol. The number of thiocarbonyl (C=S) groups is 1. The second-order valence-electron chi connectivity index (χ2n) is 9.19. The highest BCUT2D eigenvalue weighted by molar-refractivity contribution is 7.79. The van der Waals surface area contributed by atoms with Gasteiger partial charge in [-0.05, 0) is 64.7 Å². The number of para-hydroxylation sites is 1. The number of rotatable bonds is 2. The normalized spacial score (nSPS) is 30.0. The minimum atomic E-state index is -0.816. The van der Waals surface area contributed by atoms with Crippen molar-refractivity contribution in [1.82, 2.24) is 0 Å². The van der Waals surface area contributed by atoms with Crippen molar-refractivity contribution in [2.45, 2.75) is 102 Å². The summed E-state index contributed by atoms with van der Waals surface area (Å²) in [4.78, 5) is 12.3. The molecule has 0 aliphatic carbocycles. The Bertz CT molecular complexity index is 793. The van der Waals surface area contributed by atoms with Gasteiger partial charge in [-0.25, -0.2) is 4.79 Å². The molecule has 0 amide bonds. The largest absolute Gasteiger partial charge is 0.460 e. The average Bonchev–Trinajstić information content (AvgIpc) is 3.07. The van der Waals surface area contributed by atoms with E-state index in [1.165, 1.54) is 12.5 Å². The third-order valence-electron chi connectivity index (χ3n) is 5.81. The number of hydrogen-bond acceptors (Lipinski definition) is 7. The molecule has 2 heterocycles. The van der Waals surface area contributed by atoms with Crippen molar-refractivity contribution in [3.8, 4) is 5.75 Å². The fourth-order valence-corrected chi connectivity index (χ4v) is 4.45. The van der Waals surface area contributed by atoms with Gasteiger partial charge in [0.25, 0.3) is 0 Å². The van der Waals surface area contributed by atoms with Crippen molar-refractivity contribution in [2.24, 2.45) is 0 Å². The van der Waals surface area contributed by atoms with Crippen molar-refractivity contribution in [3.63, 3.8) is 0 Å². The lowest BCUT2D eigenvalue weighted by Crippen LogP contribution is -2.39. The van der Waals surface area contributed by atoms with Crippen LogP contribution in [0.2, 0.25) is 0 Å².